The van der Waals surface area contributed by atoms with E-state index in [0.717, 1.165) is 57.1 Å². The molecule has 1 heterocycles. The Morgan fingerprint density at radius 3 is 2.24 bits per heavy atom. The van der Waals surface area contributed by atoms with E-state index in [1.165, 1.54) is 55.5 Å². The molecule has 4 bridgehead atoms. The molecule has 6 rings (SSSR count). The highest BCUT2D eigenvalue weighted by atomic mass is 16.5. The first kappa shape index (κ1) is 19.8. The van der Waals surface area contributed by atoms with E-state index in [4.69, 9.17) is 4.74 Å². The van der Waals surface area contributed by atoms with E-state index in [1.807, 2.05) is 0 Å². The zero-order valence-corrected chi connectivity index (χ0v) is 17.9. The Labute approximate surface area is 176 Å². The molecule has 4 saturated carbocycles. The van der Waals surface area contributed by atoms with E-state index in [0.29, 0.717) is 12.0 Å². The predicted molar refractivity (Wildman–Crippen MR) is 116 cm³/mol. The van der Waals surface area contributed by atoms with Gasteiger partial charge in [0.25, 0.3) is 0 Å². The van der Waals surface area contributed by atoms with Gasteiger partial charge < -0.3 is 19.6 Å². The zero-order chi connectivity index (χ0) is 19.7. The second kappa shape index (κ2) is 8.56. The van der Waals surface area contributed by atoms with Crippen LogP contribution in [0.15, 0.2) is 30.3 Å². The minimum Gasteiger partial charge on any atom is -0.385 e. The number of para-hydroxylation sites is 1. The number of anilines is 1. The topological polar surface area (TPSA) is 37.1 Å². The normalized spacial score (nSPS) is 35.2. The number of nitrogens with zero attached hydrogens (tertiary/aromatic N) is 1. The van der Waals surface area contributed by atoms with Crippen LogP contribution in [0.25, 0.3) is 0 Å². The molecular weight excluding hydrogens is 360 g/mol. The van der Waals surface area contributed by atoms with E-state index < -0.39 is 0 Å². The number of rotatable bonds is 8. The van der Waals surface area contributed by atoms with Crippen LogP contribution < -0.4 is 9.80 Å². The van der Waals surface area contributed by atoms with Gasteiger partial charge in [-0.25, -0.2) is 0 Å². The summed E-state index contributed by atoms with van der Waals surface area (Å²) in [7, 11) is 0. The van der Waals surface area contributed by atoms with Gasteiger partial charge in [-0.3, -0.25) is 0 Å². The van der Waals surface area contributed by atoms with Gasteiger partial charge in [0.2, 0.25) is 0 Å². The molecule has 160 valence electrons. The first-order chi connectivity index (χ1) is 14.2. The number of benzene rings is 1. The SMILES string of the molecule is O[C@@H](COCCC12CC3CC(CC(C3)C1)C2)C[NH+]1CCN(c2ccccc2)CC1. The van der Waals surface area contributed by atoms with Crippen molar-refractivity contribution in [2.24, 2.45) is 23.2 Å². The molecule has 0 aromatic heterocycles. The third-order valence-electron chi connectivity index (χ3n) is 8.37. The number of quaternary nitrogens is 1. The van der Waals surface area contributed by atoms with Crippen molar-refractivity contribution in [3.05, 3.63) is 30.3 Å². The van der Waals surface area contributed by atoms with Crippen molar-refractivity contribution >= 4 is 5.69 Å². The Kier molecular flexibility index (Phi) is 5.86. The fraction of sp³-hybridized carbons (Fsp3) is 0.760. The molecule has 0 amide bonds. The van der Waals surface area contributed by atoms with Crippen molar-refractivity contribution < 1.29 is 14.7 Å². The Bertz CT molecular complexity index is 621. The lowest BCUT2D eigenvalue weighted by molar-refractivity contribution is -0.903. The van der Waals surface area contributed by atoms with Crippen LogP contribution in [0.2, 0.25) is 0 Å². The number of aliphatic hydroxyl groups excluding tert-OH is 1. The molecule has 1 aromatic rings. The zero-order valence-electron chi connectivity index (χ0n) is 17.9. The van der Waals surface area contributed by atoms with E-state index in [2.05, 4.69) is 35.2 Å². The summed E-state index contributed by atoms with van der Waals surface area (Å²) >= 11 is 0. The molecule has 1 saturated heterocycles. The lowest BCUT2D eigenvalue weighted by Gasteiger charge is -2.57. The van der Waals surface area contributed by atoms with Gasteiger partial charge >= 0.3 is 0 Å². The maximum atomic E-state index is 10.5. The Morgan fingerprint density at radius 1 is 1.00 bits per heavy atom. The van der Waals surface area contributed by atoms with Crippen molar-refractivity contribution in [1.82, 2.24) is 0 Å². The van der Waals surface area contributed by atoms with Crippen molar-refractivity contribution in [1.29, 1.82) is 0 Å². The van der Waals surface area contributed by atoms with Crippen LogP contribution >= 0.6 is 0 Å². The fourth-order valence-corrected chi connectivity index (χ4v) is 7.42. The quantitative estimate of drug-likeness (QED) is 0.659. The average Bonchev–Trinajstić information content (AvgIpc) is 2.71. The molecule has 1 atom stereocenters. The van der Waals surface area contributed by atoms with E-state index >= 15 is 0 Å². The Balaban J connectivity index is 0.995. The first-order valence-electron chi connectivity index (χ1n) is 12.1. The molecule has 0 spiro atoms. The van der Waals surface area contributed by atoms with Gasteiger partial charge in [0, 0.05) is 12.3 Å². The number of piperazine rings is 1. The summed E-state index contributed by atoms with van der Waals surface area (Å²) in [6, 6.07) is 10.7. The van der Waals surface area contributed by atoms with E-state index in [1.54, 1.807) is 0 Å². The standard InChI is InChI=1S/C25H38N2O2/c28-24(18-26-7-9-27(10-8-26)23-4-2-1-3-5-23)19-29-11-6-25-15-20-12-21(16-25)14-22(13-20)17-25/h1-5,20-22,24,28H,6-19H2/p+1/t20?,21?,22?,24-,25?/m1/s1. The minimum atomic E-state index is -0.329. The minimum absolute atomic E-state index is 0.329. The molecule has 0 radical (unpaired) electrons. The van der Waals surface area contributed by atoms with Gasteiger partial charge in [0.1, 0.15) is 12.6 Å². The summed E-state index contributed by atoms with van der Waals surface area (Å²) in [5, 5.41) is 10.5. The predicted octanol–water partition coefficient (Wildman–Crippen LogP) is 2.38. The van der Waals surface area contributed by atoms with Crippen LogP contribution in [0, 0.1) is 23.2 Å². The highest BCUT2D eigenvalue weighted by molar-refractivity contribution is 5.46. The lowest BCUT2D eigenvalue weighted by atomic mass is 9.49. The second-order valence-electron chi connectivity index (χ2n) is 10.7. The number of aliphatic hydroxyl groups is 1. The van der Waals surface area contributed by atoms with Crippen molar-refractivity contribution in [2.45, 2.75) is 51.0 Å². The van der Waals surface area contributed by atoms with Crippen molar-refractivity contribution in [2.75, 3.05) is 50.8 Å². The number of hydrogen-bond acceptors (Lipinski definition) is 3. The molecule has 29 heavy (non-hydrogen) atoms. The van der Waals surface area contributed by atoms with Crippen molar-refractivity contribution in [3.8, 4) is 0 Å². The molecule has 1 aromatic carbocycles. The second-order valence-corrected chi connectivity index (χ2v) is 10.7. The van der Waals surface area contributed by atoms with Crippen LogP contribution in [0.5, 0.6) is 0 Å². The molecule has 2 N–H and O–H groups in total. The largest absolute Gasteiger partial charge is 0.385 e. The molecule has 4 aliphatic carbocycles. The van der Waals surface area contributed by atoms with Crippen LogP contribution in [0.1, 0.15) is 44.9 Å². The average molecular weight is 400 g/mol. The summed E-state index contributed by atoms with van der Waals surface area (Å²) in [4.78, 5) is 3.96. The van der Waals surface area contributed by atoms with Crippen LogP contribution in [-0.4, -0.2) is 57.1 Å². The van der Waals surface area contributed by atoms with Gasteiger partial charge in [-0.15, -0.1) is 0 Å². The van der Waals surface area contributed by atoms with Gasteiger partial charge in [-0.2, -0.15) is 0 Å². The van der Waals surface area contributed by atoms with Crippen LogP contribution in [-0.2, 0) is 4.74 Å². The molecule has 4 heteroatoms. The van der Waals surface area contributed by atoms with E-state index in [-0.39, 0.29) is 6.10 Å². The molecule has 4 nitrogen and oxygen atoms in total. The Morgan fingerprint density at radius 2 is 1.62 bits per heavy atom. The molecule has 5 aliphatic rings. The summed E-state index contributed by atoms with van der Waals surface area (Å²) in [6.45, 7) is 6.51. The summed E-state index contributed by atoms with van der Waals surface area (Å²) in [5.74, 6) is 3.06. The first-order valence-corrected chi connectivity index (χ1v) is 12.1. The third kappa shape index (κ3) is 4.65. The van der Waals surface area contributed by atoms with Gasteiger partial charge in [-0.05, 0) is 80.2 Å². The summed E-state index contributed by atoms with van der Waals surface area (Å²) in [5.41, 5.74) is 1.92. The smallest absolute Gasteiger partial charge is 0.126 e. The summed E-state index contributed by atoms with van der Waals surface area (Å²) in [6.07, 6.45) is 9.82. The maximum absolute atomic E-state index is 10.5. The van der Waals surface area contributed by atoms with Gasteiger partial charge in [0.15, 0.2) is 0 Å². The maximum Gasteiger partial charge on any atom is 0.126 e. The molecule has 5 fully saturated rings. The fourth-order valence-electron chi connectivity index (χ4n) is 7.42. The highest BCUT2D eigenvalue weighted by Gasteiger charge is 2.50. The Hall–Kier alpha value is -1.10. The van der Waals surface area contributed by atoms with Crippen LogP contribution in [0.4, 0.5) is 5.69 Å². The molecule has 0 unspecified atom stereocenters. The highest BCUT2D eigenvalue weighted by Crippen LogP contribution is 2.61. The van der Waals surface area contributed by atoms with Gasteiger partial charge in [-0.1, -0.05) is 18.2 Å². The lowest BCUT2D eigenvalue weighted by Crippen LogP contribution is -3.16. The molecule has 1 aliphatic heterocycles. The monoisotopic (exact) mass is 399 g/mol. The number of ether oxygens (including phenoxy) is 1. The van der Waals surface area contributed by atoms with E-state index in [9.17, 15) is 5.11 Å². The third-order valence-corrected chi connectivity index (χ3v) is 8.37. The molecular formula is C25H39N2O2+. The number of nitrogens with one attached hydrogen (secondary N) is 1. The number of hydrogen-bond donors (Lipinski definition) is 2. The van der Waals surface area contributed by atoms with Gasteiger partial charge in [0.05, 0.1) is 32.8 Å². The summed E-state index contributed by atoms with van der Waals surface area (Å²) < 4.78 is 5.99. The van der Waals surface area contributed by atoms with Crippen LogP contribution in [0.3, 0.4) is 0 Å². The van der Waals surface area contributed by atoms with Crippen molar-refractivity contribution in [3.63, 3.8) is 0 Å².